The molecule has 5 nitrogen and oxygen atoms in total. The van der Waals surface area contributed by atoms with Crippen molar-refractivity contribution in [2.75, 3.05) is 13.3 Å². The van der Waals surface area contributed by atoms with E-state index in [-0.39, 0.29) is 5.25 Å². The van der Waals surface area contributed by atoms with E-state index in [9.17, 15) is 10.1 Å². The predicted octanol–water partition coefficient (Wildman–Crippen LogP) is 2.48. The molecule has 0 fully saturated rings. The van der Waals surface area contributed by atoms with Gasteiger partial charge in [0.05, 0.1) is 15.9 Å². The zero-order chi connectivity index (χ0) is 12.8. The normalized spacial score (nSPS) is 13.2. The SMILES string of the molecule is CN/C(=C\[N+](=O)[O-])C(SC)c1ccc(Cl)nc1. The molecule has 1 aromatic rings. The van der Waals surface area contributed by atoms with Gasteiger partial charge >= 0.3 is 0 Å². The summed E-state index contributed by atoms with van der Waals surface area (Å²) in [7, 11) is 1.65. The van der Waals surface area contributed by atoms with Gasteiger partial charge in [-0.1, -0.05) is 17.7 Å². The molecule has 0 saturated heterocycles. The summed E-state index contributed by atoms with van der Waals surface area (Å²) in [6.07, 6.45) is 4.47. The zero-order valence-corrected chi connectivity index (χ0v) is 11.0. The molecule has 0 bridgehead atoms. The third kappa shape index (κ3) is 3.90. The maximum absolute atomic E-state index is 10.5. The van der Waals surface area contributed by atoms with Gasteiger partial charge in [-0.05, 0) is 17.9 Å². The summed E-state index contributed by atoms with van der Waals surface area (Å²) >= 11 is 7.19. The van der Waals surface area contributed by atoms with Crippen molar-refractivity contribution >= 4 is 23.4 Å². The van der Waals surface area contributed by atoms with Crippen LogP contribution in [0.4, 0.5) is 0 Å². The summed E-state index contributed by atoms with van der Waals surface area (Å²) in [5.74, 6) is 0. The third-order valence-electron chi connectivity index (χ3n) is 2.10. The minimum atomic E-state index is -0.474. The van der Waals surface area contributed by atoms with E-state index in [0.29, 0.717) is 10.9 Å². The van der Waals surface area contributed by atoms with E-state index in [0.717, 1.165) is 11.8 Å². The predicted molar refractivity (Wildman–Crippen MR) is 69.6 cm³/mol. The van der Waals surface area contributed by atoms with Crippen molar-refractivity contribution < 1.29 is 4.92 Å². The molecule has 1 unspecified atom stereocenters. The first-order chi connectivity index (χ1) is 8.08. The highest BCUT2D eigenvalue weighted by atomic mass is 35.5. The molecule has 0 saturated carbocycles. The Labute approximate surface area is 108 Å². The molecular weight excluding hydrogens is 262 g/mol. The van der Waals surface area contributed by atoms with E-state index in [4.69, 9.17) is 11.6 Å². The second kappa shape index (κ2) is 6.46. The molecule has 7 heteroatoms. The number of likely N-dealkylation sites (N-methyl/N-ethyl adjacent to an activating group) is 1. The minimum Gasteiger partial charge on any atom is -0.385 e. The van der Waals surface area contributed by atoms with Crippen molar-refractivity contribution in [2.24, 2.45) is 0 Å². The molecule has 17 heavy (non-hydrogen) atoms. The van der Waals surface area contributed by atoms with Gasteiger partial charge in [0.25, 0.3) is 6.20 Å². The molecule has 0 spiro atoms. The quantitative estimate of drug-likeness (QED) is 0.507. The number of rotatable bonds is 5. The molecule has 0 aliphatic carbocycles. The second-order valence-electron chi connectivity index (χ2n) is 3.15. The highest BCUT2D eigenvalue weighted by Gasteiger charge is 2.18. The standard InChI is InChI=1S/C10H12ClN3O2S/c1-12-8(6-14(15)16)10(17-2)7-3-4-9(11)13-5-7/h3-6,10,12H,1-2H3/b8-6-. The molecule has 0 amide bonds. The van der Waals surface area contributed by atoms with E-state index in [1.165, 1.54) is 11.8 Å². The number of hydrogen-bond acceptors (Lipinski definition) is 5. The molecule has 1 aromatic heterocycles. The Hall–Kier alpha value is -1.27. The van der Waals surface area contributed by atoms with Gasteiger partial charge in [-0.15, -0.1) is 0 Å². The Kier molecular flexibility index (Phi) is 5.24. The first-order valence-corrected chi connectivity index (χ1v) is 6.42. The lowest BCUT2D eigenvalue weighted by Crippen LogP contribution is -2.14. The number of nitrogens with zero attached hydrogens (tertiary/aromatic N) is 2. The van der Waals surface area contributed by atoms with Crippen LogP contribution in [0.5, 0.6) is 0 Å². The number of nitrogens with one attached hydrogen (secondary N) is 1. The number of halogens is 1. The molecule has 0 aromatic carbocycles. The van der Waals surface area contributed by atoms with E-state index in [1.807, 2.05) is 12.3 Å². The highest BCUT2D eigenvalue weighted by molar-refractivity contribution is 7.99. The summed E-state index contributed by atoms with van der Waals surface area (Å²) in [6, 6.07) is 3.47. The maximum atomic E-state index is 10.5. The van der Waals surface area contributed by atoms with Crippen molar-refractivity contribution in [2.45, 2.75) is 5.25 Å². The lowest BCUT2D eigenvalue weighted by molar-refractivity contribution is -0.403. The molecule has 0 radical (unpaired) electrons. The lowest BCUT2D eigenvalue weighted by atomic mass is 10.1. The van der Waals surface area contributed by atoms with E-state index < -0.39 is 4.92 Å². The van der Waals surface area contributed by atoms with Gasteiger partial charge in [-0.3, -0.25) is 10.1 Å². The van der Waals surface area contributed by atoms with Crippen molar-refractivity contribution in [3.63, 3.8) is 0 Å². The van der Waals surface area contributed by atoms with Crippen LogP contribution in [0.25, 0.3) is 0 Å². The topological polar surface area (TPSA) is 68.1 Å². The number of hydrogen-bond donors (Lipinski definition) is 1. The molecule has 1 N–H and O–H groups in total. The number of aromatic nitrogens is 1. The van der Waals surface area contributed by atoms with Crippen LogP contribution in [-0.2, 0) is 0 Å². The van der Waals surface area contributed by atoms with Crippen LogP contribution < -0.4 is 5.32 Å². The molecule has 1 atom stereocenters. The van der Waals surface area contributed by atoms with Crippen LogP contribution in [0.2, 0.25) is 5.15 Å². The zero-order valence-electron chi connectivity index (χ0n) is 9.38. The van der Waals surface area contributed by atoms with Crippen molar-refractivity contribution in [1.82, 2.24) is 10.3 Å². The van der Waals surface area contributed by atoms with E-state index in [2.05, 4.69) is 10.3 Å². The largest absolute Gasteiger partial charge is 0.385 e. The Morgan fingerprint density at radius 2 is 2.41 bits per heavy atom. The van der Waals surface area contributed by atoms with Crippen molar-refractivity contribution in [3.05, 3.63) is 51.1 Å². The summed E-state index contributed by atoms with van der Waals surface area (Å²) in [5, 5.41) is 13.6. The Morgan fingerprint density at radius 1 is 1.71 bits per heavy atom. The van der Waals surface area contributed by atoms with E-state index in [1.54, 1.807) is 19.3 Å². The first-order valence-electron chi connectivity index (χ1n) is 4.75. The van der Waals surface area contributed by atoms with Crippen molar-refractivity contribution in [1.29, 1.82) is 0 Å². The maximum Gasteiger partial charge on any atom is 0.254 e. The summed E-state index contributed by atoms with van der Waals surface area (Å²) in [4.78, 5) is 14.0. The van der Waals surface area contributed by atoms with Crippen LogP contribution >= 0.6 is 23.4 Å². The number of nitro groups is 1. The Bertz CT molecular complexity index is 422. The van der Waals surface area contributed by atoms with Gasteiger partial charge in [0.1, 0.15) is 5.15 Å². The van der Waals surface area contributed by atoms with Crippen LogP contribution in [0, 0.1) is 10.1 Å². The first kappa shape index (κ1) is 13.8. The summed E-state index contributed by atoms with van der Waals surface area (Å²) < 4.78 is 0. The molecule has 1 rings (SSSR count). The smallest absolute Gasteiger partial charge is 0.254 e. The average Bonchev–Trinajstić information content (AvgIpc) is 2.30. The number of thioether (sulfide) groups is 1. The van der Waals surface area contributed by atoms with Gasteiger partial charge in [0.15, 0.2) is 0 Å². The van der Waals surface area contributed by atoms with Gasteiger partial charge < -0.3 is 5.32 Å². The Balaban J connectivity index is 3.05. The van der Waals surface area contributed by atoms with Crippen LogP contribution in [0.3, 0.4) is 0 Å². The fraction of sp³-hybridized carbons (Fsp3) is 0.300. The highest BCUT2D eigenvalue weighted by Crippen LogP contribution is 2.32. The summed E-state index contributed by atoms with van der Waals surface area (Å²) in [6.45, 7) is 0. The fourth-order valence-electron chi connectivity index (χ4n) is 1.36. The fourth-order valence-corrected chi connectivity index (χ4v) is 2.32. The Morgan fingerprint density at radius 3 is 2.82 bits per heavy atom. The van der Waals surface area contributed by atoms with Gasteiger partial charge in [0.2, 0.25) is 0 Å². The molecule has 92 valence electrons. The van der Waals surface area contributed by atoms with Crippen LogP contribution in [0.15, 0.2) is 30.2 Å². The van der Waals surface area contributed by atoms with E-state index >= 15 is 0 Å². The molecule has 1 heterocycles. The monoisotopic (exact) mass is 273 g/mol. The third-order valence-corrected chi connectivity index (χ3v) is 3.33. The van der Waals surface area contributed by atoms with Gasteiger partial charge in [-0.2, -0.15) is 11.8 Å². The van der Waals surface area contributed by atoms with Crippen molar-refractivity contribution in [3.8, 4) is 0 Å². The van der Waals surface area contributed by atoms with Gasteiger partial charge in [-0.25, -0.2) is 4.98 Å². The average molecular weight is 274 g/mol. The second-order valence-corrected chi connectivity index (χ2v) is 4.48. The van der Waals surface area contributed by atoms with Crippen LogP contribution in [0.1, 0.15) is 10.8 Å². The minimum absolute atomic E-state index is 0.157. The summed E-state index contributed by atoms with van der Waals surface area (Å²) in [5.41, 5.74) is 1.39. The molecule has 0 aliphatic heterocycles. The van der Waals surface area contributed by atoms with Crippen LogP contribution in [-0.4, -0.2) is 23.2 Å². The molecular formula is C10H12ClN3O2S. The number of pyridine rings is 1. The molecule has 0 aliphatic rings. The van der Waals surface area contributed by atoms with Gasteiger partial charge in [0, 0.05) is 13.2 Å². The lowest BCUT2D eigenvalue weighted by Gasteiger charge is -2.16.